The summed E-state index contributed by atoms with van der Waals surface area (Å²) in [5.41, 5.74) is 4.12. The molecule has 3 rings (SSSR count). The number of rotatable bonds is 8. The minimum Gasteiger partial charge on any atom is -0.484 e. The van der Waals surface area contributed by atoms with Crippen molar-refractivity contribution >= 4 is 52.8 Å². The molecule has 0 atom stereocenters. The highest BCUT2D eigenvalue weighted by Gasteiger charge is 2.12. The van der Waals surface area contributed by atoms with Gasteiger partial charge in [-0.2, -0.15) is 5.10 Å². The van der Waals surface area contributed by atoms with Gasteiger partial charge < -0.3 is 15.4 Å². The molecule has 0 aliphatic heterocycles. The molecule has 8 nitrogen and oxygen atoms in total. The Bertz CT molecular complexity index is 1200. The Morgan fingerprint density at radius 1 is 0.882 bits per heavy atom. The second kappa shape index (κ2) is 12.4. The number of hydrazone groups is 1. The molecule has 0 radical (unpaired) electrons. The number of anilines is 1. The van der Waals surface area contributed by atoms with E-state index in [4.69, 9.17) is 27.9 Å². The SMILES string of the molecule is O=C(COc1cccc(/C=N\NC(=O)C(=O)NCc2ccccc2)c1)Nc1ccc(Cl)c(Cl)c1. The van der Waals surface area contributed by atoms with Gasteiger partial charge in [0.05, 0.1) is 16.3 Å². The molecule has 0 aliphatic rings. The molecule has 0 spiro atoms. The lowest BCUT2D eigenvalue weighted by Gasteiger charge is -2.08. The van der Waals surface area contributed by atoms with Gasteiger partial charge in [-0.05, 0) is 41.5 Å². The van der Waals surface area contributed by atoms with Crippen LogP contribution in [0.2, 0.25) is 10.0 Å². The van der Waals surface area contributed by atoms with Crippen molar-refractivity contribution in [2.45, 2.75) is 6.54 Å². The second-order valence-electron chi connectivity index (χ2n) is 6.91. The van der Waals surface area contributed by atoms with Crippen LogP contribution in [0.25, 0.3) is 0 Å². The van der Waals surface area contributed by atoms with E-state index in [2.05, 4.69) is 21.2 Å². The van der Waals surface area contributed by atoms with Crippen LogP contribution in [0.4, 0.5) is 5.69 Å². The van der Waals surface area contributed by atoms with Crippen LogP contribution in [0.5, 0.6) is 5.75 Å². The van der Waals surface area contributed by atoms with Crippen LogP contribution in [0.15, 0.2) is 77.9 Å². The van der Waals surface area contributed by atoms with E-state index >= 15 is 0 Å². The maximum Gasteiger partial charge on any atom is 0.329 e. The van der Waals surface area contributed by atoms with Gasteiger partial charge in [0.2, 0.25) is 0 Å². The van der Waals surface area contributed by atoms with Gasteiger partial charge in [0.25, 0.3) is 5.91 Å². The van der Waals surface area contributed by atoms with Crippen molar-refractivity contribution in [3.05, 3.63) is 94.0 Å². The summed E-state index contributed by atoms with van der Waals surface area (Å²) in [5.74, 6) is -1.66. The average molecular weight is 499 g/mol. The number of hydrogen-bond acceptors (Lipinski definition) is 5. The topological polar surface area (TPSA) is 109 Å². The summed E-state index contributed by atoms with van der Waals surface area (Å²) in [6.07, 6.45) is 1.35. The number of benzene rings is 3. The predicted octanol–water partition coefficient (Wildman–Crippen LogP) is 3.78. The zero-order chi connectivity index (χ0) is 24.3. The number of nitrogens with one attached hydrogen (secondary N) is 3. The van der Waals surface area contributed by atoms with E-state index in [1.807, 2.05) is 30.3 Å². The fraction of sp³-hybridized carbons (Fsp3) is 0.0833. The smallest absolute Gasteiger partial charge is 0.329 e. The number of carbonyl (C=O) groups excluding carboxylic acids is 3. The molecule has 0 fully saturated rings. The van der Waals surface area contributed by atoms with Crippen molar-refractivity contribution in [3.63, 3.8) is 0 Å². The Morgan fingerprint density at radius 2 is 1.68 bits per heavy atom. The normalized spacial score (nSPS) is 10.5. The van der Waals surface area contributed by atoms with E-state index in [-0.39, 0.29) is 19.1 Å². The molecule has 0 saturated heterocycles. The molecular weight excluding hydrogens is 479 g/mol. The quantitative estimate of drug-likeness (QED) is 0.249. The van der Waals surface area contributed by atoms with Gasteiger partial charge in [-0.25, -0.2) is 5.43 Å². The summed E-state index contributed by atoms with van der Waals surface area (Å²) < 4.78 is 5.49. The first kappa shape index (κ1) is 24.8. The fourth-order valence-corrected chi connectivity index (χ4v) is 2.98. The van der Waals surface area contributed by atoms with Crippen LogP contribution in [0.3, 0.4) is 0 Å². The molecule has 0 bridgehead atoms. The predicted molar refractivity (Wildman–Crippen MR) is 131 cm³/mol. The van der Waals surface area contributed by atoms with Gasteiger partial charge in [-0.15, -0.1) is 0 Å². The monoisotopic (exact) mass is 498 g/mol. The molecule has 34 heavy (non-hydrogen) atoms. The number of hydrogen-bond donors (Lipinski definition) is 3. The molecule has 0 saturated carbocycles. The summed E-state index contributed by atoms with van der Waals surface area (Å²) in [7, 11) is 0. The highest BCUT2D eigenvalue weighted by atomic mass is 35.5. The van der Waals surface area contributed by atoms with E-state index in [0.29, 0.717) is 27.0 Å². The van der Waals surface area contributed by atoms with Crippen molar-refractivity contribution in [2.75, 3.05) is 11.9 Å². The minimum absolute atomic E-state index is 0.231. The number of carbonyl (C=O) groups is 3. The highest BCUT2D eigenvalue weighted by Crippen LogP contribution is 2.25. The highest BCUT2D eigenvalue weighted by molar-refractivity contribution is 6.42. The Labute approximate surface area is 205 Å². The lowest BCUT2D eigenvalue weighted by Crippen LogP contribution is -2.37. The molecule has 10 heteroatoms. The molecule has 174 valence electrons. The molecule has 0 aliphatic carbocycles. The summed E-state index contributed by atoms with van der Waals surface area (Å²) in [6.45, 7) is -0.00596. The van der Waals surface area contributed by atoms with Crippen LogP contribution in [-0.4, -0.2) is 30.5 Å². The van der Waals surface area contributed by atoms with Crippen molar-refractivity contribution < 1.29 is 19.1 Å². The summed E-state index contributed by atoms with van der Waals surface area (Å²) in [5, 5.41) is 9.66. The van der Waals surface area contributed by atoms with Crippen LogP contribution in [0, 0.1) is 0 Å². The average Bonchev–Trinajstić information content (AvgIpc) is 2.84. The van der Waals surface area contributed by atoms with E-state index in [1.165, 1.54) is 12.3 Å². The standard InChI is InChI=1S/C24H20Cl2N4O4/c25-20-10-9-18(12-21(20)26)29-22(31)15-34-19-8-4-7-17(11-19)14-28-30-24(33)23(32)27-13-16-5-2-1-3-6-16/h1-12,14H,13,15H2,(H,27,32)(H,29,31)(H,30,33)/b28-14-. The van der Waals surface area contributed by atoms with Gasteiger partial charge >= 0.3 is 11.8 Å². The van der Waals surface area contributed by atoms with Gasteiger partial charge in [-0.1, -0.05) is 65.7 Å². The molecule has 3 aromatic rings. The molecule has 3 amide bonds. The Morgan fingerprint density at radius 3 is 2.44 bits per heavy atom. The van der Waals surface area contributed by atoms with Crippen LogP contribution >= 0.6 is 23.2 Å². The third-order valence-corrected chi connectivity index (χ3v) is 5.05. The zero-order valence-electron chi connectivity index (χ0n) is 17.8. The van der Waals surface area contributed by atoms with Gasteiger partial charge in [-0.3, -0.25) is 14.4 Å². The minimum atomic E-state index is -0.890. The van der Waals surface area contributed by atoms with Crippen LogP contribution < -0.4 is 20.8 Å². The lowest BCUT2D eigenvalue weighted by atomic mass is 10.2. The van der Waals surface area contributed by atoms with Gasteiger partial charge in [0, 0.05) is 12.2 Å². The van der Waals surface area contributed by atoms with E-state index in [9.17, 15) is 14.4 Å². The molecule has 0 aromatic heterocycles. The van der Waals surface area contributed by atoms with Crippen molar-refractivity contribution in [2.24, 2.45) is 5.10 Å². The Hall–Kier alpha value is -3.88. The van der Waals surface area contributed by atoms with Crippen molar-refractivity contribution in [1.82, 2.24) is 10.7 Å². The molecule has 3 N–H and O–H groups in total. The Balaban J connectivity index is 1.44. The fourth-order valence-electron chi connectivity index (χ4n) is 2.68. The first-order valence-electron chi connectivity index (χ1n) is 10.0. The first-order chi connectivity index (χ1) is 16.4. The maximum atomic E-state index is 12.1. The molecule has 0 unspecified atom stereocenters. The zero-order valence-corrected chi connectivity index (χ0v) is 19.3. The second-order valence-corrected chi connectivity index (χ2v) is 7.72. The number of amides is 3. The molecule has 3 aromatic carbocycles. The van der Waals surface area contributed by atoms with Crippen molar-refractivity contribution in [3.8, 4) is 5.75 Å². The number of halogens is 2. The summed E-state index contributed by atoms with van der Waals surface area (Å²) >= 11 is 11.8. The largest absolute Gasteiger partial charge is 0.484 e. The number of ether oxygens (including phenoxy) is 1. The molecule has 0 heterocycles. The Kier molecular flexibility index (Phi) is 9.02. The summed E-state index contributed by atoms with van der Waals surface area (Å²) in [4.78, 5) is 35.8. The summed E-state index contributed by atoms with van der Waals surface area (Å²) in [6, 6.07) is 20.7. The third kappa shape index (κ3) is 7.91. The van der Waals surface area contributed by atoms with E-state index in [0.717, 1.165) is 5.56 Å². The van der Waals surface area contributed by atoms with E-state index in [1.54, 1.807) is 36.4 Å². The van der Waals surface area contributed by atoms with E-state index < -0.39 is 11.8 Å². The first-order valence-corrected chi connectivity index (χ1v) is 10.8. The lowest BCUT2D eigenvalue weighted by molar-refractivity contribution is -0.139. The van der Waals surface area contributed by atoms with Crippen LogP contribution in [0.1, 0.15) is 11.1 Å². The van der Waals surface area contributed by atoms with Crippen molar-refractivity contribution in [1.29, 1.82) is 0 Å². The number of nitrogens with zero attached hydrogens (tertiary/aromatic N) is 1. The third-order valence-electron chi connectivity index (χ3n) is 4.31. The molecular formula is C24H20Cl2N4O4. The maximum absolute atomic E-state index is 12.1. The van der Waals surface area contributed by atoms with Gasteiger partial charge in [0.1, 0.15) is 5.75 Å². The van der Waals surface area contributed by atoms with Gasteiger partial charge in [0.15, 0.2) is 6.61 Å². The van der Waals surface area contributed by atoms with Crippen LogP contribution in [-0.2, 0) is 20.9 Å².